The van der Waals surface area contributed by atoms with Gasteiger partial charge in [-0.25, -0.2) is 4.39 Å². The van der Waals surface area contributed by atoms with E-state index in [1.165, 1.54) is 31.4 Å². The molecule has 0 atom stereocenters. The number of aromatic nitrogens is 2. The first-order chi connectivity index (χ1) is 16.5. The average molecular weight is 479 g/mol. The maximum Gasteiger partial charge on any atom is 0.277 e. The number of carbonyl (C=O) groups is 2. The number of methoxy groups -OCH3 is 1. The van der Waals surface area contributed by atoms with Crippen molar-refractivity contribution in [2.45, 2.75) is 5.22 Å². The first-order valence-electron chi connectivity index (χ1n) is 10.1. The van der Waals surface area contributed by atoms with Crippen LogP contribution in [0, 0.1) is 5.82 Å². The zero-order chi connectivity index (χ0) is 23.9. The monoisotopic (exact) mass is 478 g/mol. The van der Waals surface area contributed by atoms with Gasteiger partial charge in [-0.3, -0.25) is 9.59 Å². The van der Waals surface area contributed by atoms with Crippen LogP contribution in [-0.2, 0) is 4.79 Å². The quantitative estimate of drug-likeness (QED) is 0.348. The van der Waals surface area contributed by atoms with Crippen molar-refractivity contribution < 1.29 is 23.1 Å². The molecule has 0 radical (unpaired) electrons. The van der Waals surface area contributed by atoms with E-state index >= 15 is 0 Å². The Morgan fingerprint density at radius 2 is 1.71 bits per heavy atom. The second-order valence-electron chi connectivity index (χ2n) is 6.95. The third-order valence-corrected chi connectivity index (χ3v) is 5.43. The second kappa shape index (κ2) is 10.6. The number of rotatable bonds is 8. The number of para-hydroxylation sites is 2. The van der Waals surface area contributed by atoms with Crippen LogP contribution in [0.5, 0.6) is 5.75 Å². The van der Waals surface area contributed by atoms with Crippen LogP contribution in [0.15, 0.2) is 82.4 Å². The van der Waals surface area contributed by atoms with Crippen molar-refractivity contribution in [2.75, 3.05) is 23.5 Å². The van der Waals surface area contributed by atoms with E-state index < -0.39 is 0 Å². The van der Waals surface area contributed by atoms with Gasteiger partial charge < -0.3 is 19.8 Å². The van der Waals surface area contributed by atoms with Crippen molar-refractivity contribution in [1.82, 2.24) is 10.2 Å². The highest BCUT2D eigenvalue weighted by Crippen LogP contribution is 2.25. The van der Waals surface area contributed by atoms with Crippen LogP contribution in [-0.4, -0.2) is 34.9 Å². The van der Waals surface area contributed by atoms with E-state index in [1.807, 2.05) is 6.07 Å². The van der Waals surface area contributed by atoms with Crippen molar-refractivity contribution in [1.29, 1.82) is 0 Å². The first kappa shape index (κ1) is 23.0. The summed E-state index contributed by atoms with van der Waals surface area (Å²) in [6, 6.07) is 19.3. The molecule has 0 aliphatic heterocycles. The lowest BCUT2D eigenvalue weighted by molar-refractivity contribution is -0.113. The summed E-state index contributed by atoms with van der Waals surface area (Å²) in [6.45, 7) is 0. The van der Waals surface area contributed by atoms with Crippen molar-refractivity contribution in [3.63, 3.8) is 0 Å². The fourth-order valence-corrected chi connectivity index (χ4v) is 3.51. The molecule has 172 valence electrons. The summed E-state index contributed by atoms with van der Waals surface area (Å²) < 4.78 is 23.8. The molecule has 0 saturated carbocycles. The lowest BCUT2D eigenvalue weighted by Gasteiger charge is -2.10. The zero-order valence-corrected chi connectivity index (χ0v) is 18.8. The number of benzene rings is 3. The molecule has 2 amide bonds. The lowest BCUT2D eigenvalue weighted by atomic mass is 10.2. The van der Waals surface area contributed by atoms with Gasteiger partial charge in [-0.15, -0.1) is 10.2 Å². The van der Waals surface area contributed by atoms with Crippen LogP contribution in [0.1, 0.15) is 10.4 Å². The zero-order valence-electron chi connectivity index (χ0n) is 17.9. The number of ether oxygens (including phenoxy) is 1. The molecule has 0 aliphatic rings. The van der Waals surface area contributed by atoms with E-state index in [-0.39, 0.29) is 34.5 Å². The van der Waals surface area contributed by atoms with Gasteiger partial charge in [0.2, 0.25) is 11.8 Å². The molecule has 0 saturated heterocycles. The van der Waals surface area contributed by atoms with Gasteiger partial charge in [0.1, 0.15) is 11.6 Å². The first-order valence-corrected chi connectivity index (χ1v) is 11.1. The van der Waals surface area contributed by atoms with Gasteiger partial charge in [-0.2, -0.15) is 0 Å². The Labute approximate surface area is 198 Å². The molecule has 1 aromatic heterocycles. The number of hydrogen-bond acceptors (Lipinski definition) is 7. The molecule has 0 unspecified atom stereocenters. The van der Waals surface area contributed by atoms with E-state index in [2.05, 4.69) is 20.8 Å². The van der Waals surface area contributed by atoms with Crippen molar-refractivity contribution >= 4 is 35.0 Å². The number of nitrogens with zero attached hydrogens (tertiary/aromatic N) is 2. The minimum Gasteiger partial charge on any atom is -0.495 e. The summed E-state index contributed by atoms with van der Waals surface area (Å²) in [7, 11) is 1.53. The number of hydrogen-bond donors (Lipinski definition) is 2. The minimum atomic E-state index is -0.361. The molecule has 4 rings (SSSR count). The number of anilines is 2. The SMILES string of the molecule is COc1ccccc1NC(=O)c1ccc(NC(=O)CSc2nnc(-c3ccc(F)cc3)o2)cc1. The van der Waals surface area contributed by atoms with Crippen molar-refractivity contribution in [2.24, 2.45) is 0 Å². The maximum absolute atomic E-state index is 13.0. The molecular weight excluding hydrogens is 459 g/mol. The summed E-state index contributed by atoms with van der Waals surface area (Å²) >= 11 is 1.08. The molecule has 0 fully saturated rings. The Hall–Kier alpha value is -4.18. The van der Waals surface area contributed by atoms with Gasteiger partial charge >= 0.3 is 0 Å². The maximum atomic E-state index is 13.0. The minimum absolute atomic E-state index is 0.0427. The van der Waals surface area contributed by atoms with Crippen LogP contribution in [0.25, 0.3) is 11.5 Å². The van der Waals surface area contributed by atoms with E-state index in [9.17, 15) is 14.0 Å². The van der Waals surface area contributed by atoms with E-state index in [1.54, 1.807) is 42.5 Å². The Bertz CT molecular complexity index is 1290. The highest BCUT2D eigenvalue weighted by Gasteiger charge is 2.13. The van der Waals surface area contributed by atoms with E-state index in [0.717, 1.165) is 11.8 Å². The summed E-state index contributed by atoms with van der Waals surface area (Å²) in [5.74, 6) is -0.0991. The van der Waals surface area contributed by atoms with Crippen molar-refractivity contribution in [3.05, 3.63) is 84.2 Å². The van der Waals surface area contributed by atoms with Gasteiger partial charge in [0.05, 0.1) is 18.6 Å². The molecular formula is C24H19FN4O4S. The van der Waals surface area contributed by atoms with Gasteiger partial charge in [0, 0.05) is 16.8 Å². The highest BCUT2D eigenvalue weighted by molar-refractivity contribution is 7.99. The third kappa shape index (κ3) is 5.78. The predicted molar refractivity (Wildman–Crippen MR) is 126 cm³/mol. The van der Waals surface area contributed by atoms with Gasteiger partial charge in [-0.1, -0.05) is 23.9 Å². The Morgan fingerprint density at radius 3 is 2.44 bits per heavy atom. The fraction of sp³-hybridized carbons (Fsp3) is 0.0833. The number of amides is 2. The molecule has 10 heteroatoms. The van der Waals surface area contributed by atoms with Gasteiger partial charge in [-0.05, 0) is 60.7 Å². The summed E-state index contributed by atoms with van der Waals surface area (Å²) in [4.78, 5) is 24.8. The topological polar surface area (TPSA) is 106 Å². The lowest BCUT2D eigenvalue weighted by Crippen LogP contribution is -2.15. The van der Waals surface area contributed by atoms with Gasteiger partial charge in [0.15, 0.2) is 0 Å². The van der Waals surface area contributed by atoms with Crippen molar-refractivity contribution in [3.8, 4) is 17.2 Å². The fourth-order valence-electron chi connectivity index (χ4n) is 2.95. The molecule has 0 spiro atoms. The molecule has 1 heterocycles. The molecule has 4 aromatic rings. The standard InChI is InChI=1S/C24H19FN4O4S/c1-32-20-5-3-2-4-19(20)27-22(31)15-8-12-18(13-9-15)26-21(30)14-34-24-29-28-23(33-24)16-6-10-17(25)11-7-16/h2-13H,14H2,1H3,(H,26,30)(H,27,31). The van der Waals surface area contributed by atoms with Crippen LogP contribution in [0.2, 0.25) is 0 Å². The predicted octanol–water partition coefficient (Wildman–Crippen LogP) is 4.87. The van der Waals surface area contributed by atoms with Crippen LogP contribution in [0.4, 0.5) is 15.8 Å². The Kier molecular flexibility index (Phi) is 7.19. The van der Waals surface area contributed by atoms with E-state index in [0.29, 0.717) is 28.3 Å². The third-order valence-electron chi connectivity index (χ3n) is 4.61. The summed E-state index contributed by atoms with van der Waals surface area (Å²) in [6.07, 6.45) is 0. The Balaban J connectivity index is 1.29. The molecule has 2 N–H and O–H groups in total. The summed E-state index contributed by atoms with van der Waals surface area (Å²) in [5, 5.41) is 13.6. The largest absolute Gasteiger partial charge is 0.495 e. The summed E-state index contributed by atoms with van der Waals surface area (Å²) in [5.41, 5.74) is 2.11. The number of thioether (sulfide) groups is 1. The van der Waals surface area contributed by atoms with Crippen LogP contribution in [0.3, 0.4) is 0 Å². The van der Waals surface area contributed by atoms with Crippen LogP contribution >= 0.6 is 11.8 Å². The van der Waals surface area contributed by atoms with Crippen LogP contribution < -0.4 is 15.4 Å². The Morgan fingerprint density at radius 1 is 0.971 bits per heavy atom. The van der Waals surface area contributed by atoms with Gasteiger partial charge in [0.25, 0.3) is 11.1 Å². The molecule has 34 heavy (non-hydrogen) atoms. The molecule has 8 nitrogen and oxygen atoms in total. The number of carbonyl (C=O) groups excluding carboxylic acids is 2. The number of nitrogens with one attached hydrogen (secondary N) is 2. The second-order valence-corrected chi connectivity index (χ2v) is 7.88. The molecule has 0 bridgehead atoms. The smallest absolute Gasteiger partial charge is 0.277 e. The average Bonchev–Trinajstić information content (AvgIpc) is 3.33. The number of halogens is 1. The molecule has 3 aromatic carbocycles. The van der Waals surface area contributed by atoms with E-state index in [4.69, 9.17) is 9.15 Å². The highest BCUT2D eigenvalue weighted by atomic mass is 32.2. The molecule has 0 aliphatic carbocycles. The normalized spacial score (nSPS) is 10.5.